The Morgan fingerprint density at radius 2 is 1.61 bits per heavy atom. The lowest BCUT2D eigenvalue weighted by molar-refractivity contribution is -0.147. The van der Waals surface area contributed by atoms with E-state index in [4.69, 9.17) is 0 Å². The Kier molecular flexibility index (Phi) is 4.92. The zero-order valence-corrected chi connectivity index (χ0v) is 18.0. The van der Waals surface area contributed by atoms with Crippen LogP contribution in [0, 0.1) is 37.5 Å². The lowest BCUT2D eigenvalue weighted by atomic mass is 9.81. The summed E-state index contributed by atoms with van der Waals surface area (Å²) in [6.07, 6.45) is 3.36. The van der Waals surface area contributed by atoms with E-state index in [1.165, 1.54) is 4.90 Å². The van der Waals surface area contributed by atoms with Crippen molar-refractivity contribution in [1.82, 2.24) is 4.90 Å². The summed E-state index contributed by atoms with van der Waals surface area (Å²) in [6, 6.07) is 14.5. The second-order valence-corrected chi connectivity index (χ2v) is 9.43. The Morgan fingerprint density at radius 3 is 2.23 bits per heavy atom. The van der Waals surface area contributed by atoms with Crippen molar-refractivity contribution in [3.8, 4) is 0 Å². The first-order chi connectivity index (χ1) is 14.9. The number of carbonyl (C=O) groups excluding carboxylic acids is 3. The highest BCUT2D eigenvalue weighted by Gasteiger charge is 2.62. The molecule has 2 aliphatic carbocycles. The monoisotopic (exact) mass is 416 g/mol. The number of likely N-dealkylation sites (tertiary alicyclic amines) is 1. The van der Waals surface area contributed by atoms with Gasteiger partial charge in [-0.25, -0.2) is 0 Å². The Bertz CT molecular complexity index is 1020. The predicted octanol–water partition coefficient (Wildman–Crippen LogP) is 3.88. The number of benzene rings is 2. The minimum Gasteiger partial charge on any atom is -0.324 e. The van der Waals surface area contributed by atoms with E-state index in [9.17, 15) is 14.4 Å². The number of hydrogen-bond donors (Lipinski definition) is 1. The summed E-state index contributed by atoms with van der Waals surface area (Å²) in [5.41, 5.74) is 3.85. The van der Waals surface area contributed by atoms with Crippen molar-refractivity contribution >= 4 is 23.4 Å². The molecule has 31 heavy (non-hydrogen) atoms. The quantitative estimate of drug-likeness (QED) is 0.752. The van der Waals surface area contributed by atoms with Crippen molar-refractivity contribution in [2.45, 2.75) is 45.6 Å². The minimum absolute atomic E-state index is 0.140. The topological polar surface area (TPSA) is 66.5 Å². The van der Waals surface area contributed by atoms with Gasteiger partial charge in [0.05, 0.1) is 11.8 Å². The molecule has 0 radical (unpaired) electrons. The predicted molar refractivity (Wildman–Crippen MR) is 118 cm³/mol. The zero-order chi connectivity index (χ0) is 21.7. The number of rotatable bonds is 5. The van der Waals surface area contributed by atoms with Gasteiger partial charge in [0, 0.05) is 12.1 Å². The van der Waals surface area contributed by atoms with Gasteiger partial charge in [0.25, 0.3) is 0 Å². The van der Waals surface area contributed by atoms with Gasteiger partial charge in [0.2, 0.25) is 17.7 Å². The molecule has 1 heterocycles. The molecule has 1 aliphatic heterocycles. The summed E-state index contributed by atoms with van der Waals surface area (Å²) in [5, 5.41) is 2.97. The molecule has 1 N–H and O–H groups in total. The second-order valence-electron chi connectivity index (χ2n) is 9.43. The van der Waals surface area contributed by atoms with Gasteiger partial charge in [-0.15, -0.1) is 0 Å². The van der Waals surface area contributed by atoms with E-state index < -0.39 is 6.04 Å². The molecule has 0 aromatic heterocycles. The largest absolute Gasteiger partial charge is 0.324 e. The van der Waals surface area contributed by atoms with E-state index >= 15 is 0 Å². The fraction of sp³-hybridized carbons (Fsp3) is 0.423. The first-order valence-electron chi connectivity index (χ1n) is 11.2. The number of aryl methyl sites for hydroxylation is 2. The summed E-state index contributed by atoms with van der Waals surface area (Å²) >= 11 is 0. The molecule has 5 unspecified atom stereocenters. The molecule has 0 spiro atoms. The molecule has 2 saturated carbocycles. The molecule has 1 saturated heterocycles. The molecule has 3 aliphatic rings. The number of imide groups is 1. The van der Waals surface area contributed by atoms with Crippen LogP contribution >= 0.6 is 0 Å². The van der Waals surface area contributed by atoms with E-state index in [1.54, 1.807) is 0 Å². The molecule has 5 atom stereocenters. The summed E-state index contributed by atoms with van der Waals surface area (Å²) in [7, 11) is 0. The van der Waals surface area contributed by atoms with Gasteiger partial charge in [-0.05, 0) is 73.8 Å². The number of fused-ring (bicyclic) bond motifs is 5. The van der Waals surface area contributed by atoms with Gasteiger partial charge in [-0.1, -0.05) is 36.4 Å². The maximum absolute atomic E-state index is 13.4. The molecule has 160 valence electrons. The van der Waals surface area contributed by atoms with E-state index in [0.717, 1.165) is 36.0 Å². The molecule has 2 bridgehead atoms. The van der Waals surface area contributed by atoms with Crippen molar-refractivity contribution in [2.24, 2.45) is 23.7 Å². The maximum Gasteiger partial charge on any atom is 0.248 e. The van der Waals surface area contributed by atoms with Crippen molar-refractivity contribution in [1.29, 1.82) is 0 Å². The van der Waals surface area contributed by atoms with Gasteiger partial charge >= 0.3 is 0 Å². The van der Waals surface area contributed by atoms with Gasteiger partial charge in [-0.2, -0.15) is 0 Å². The third kappa shape index (κ3) is 3.36. The van der Waals surface area contributed by atoms with Gasteiger partial charge in [0.15, 0.2) is 0 Å². The highest BCUT2D eigenvalue weighted by atomic mass is 16.2. The van der Waals surface area contributed by atoms with E-state index in [2.05, 4.69) is 5.32 Å². The standard InChI is InChI=1S/C26H28N2O3/c1-15-8-11-20(12-16(15)2)27-24(29)21(13-17-6-4-3-5-7-17)28-25(30)22-18-9-10-19(14-18)23(22)26(28)31/h3-8,11-12,18-19,21-23H,9-10,13-14H2,1-2H3,(H,27,29). The molecule has 5 rings (SSSR count). The van der Waals surface area contributed by atoms with Crippen LogP contribution in [0.5, 0.6) is 0 Å². The molecule has 2 aromatic carbocycles. The molecule has 5 heteroatoms. The van der Waals surface area contributed by atoms with Gasteiger partial charge < -0.3 is 5.32 Å². The lowest BCUT2D eigenvalue weighted by Gasteiger charge is -2.27. The Balaban J connectivity index is 1.45. The number of nitrogens with one attached hydrogen (secondary N) is 1. The number of carbonyl (C=O) groups is 3. The highest BCUT2D eigenvalue weighted by Crippen LogP contribution is 2.56. The van der Waals surface area contributed by atoms with Gasteiger partial charge in [-0.3, -0.25) is 19.3 Å². The third-order valence-corrected chi connectivity index (χ3v) is 7.62. The van der Waals surface area contributed by atoms with Crippen LogP contribution in [-0.2, 0) is 20.8 Å². The number of amides is 3. The summed E-state index contributed by atoms with van der Waals surface area (Å²) in [4.78, 5) is 41.5. The van der Waals surface area contributed by atoms with E-state index in [-0.39, 0.29) is 29.6 Å². The summed E-state index contributed by atoms with van der Waals surface area (Å²) in [5.74, 6) is -0.427. The van der Waals surface area contributed by atoms with Crippen LogP contribution in [-0.4, -0.2) is 28.7 Å². The summed E-state index contributed by atoms with van der Waals surface area (Å²) in [6.45, 7) is 4.02. The minimum atomic E-state index is -0.839. The Labute approximate surface area is 182 Å². The molecule has 2 aromatic rings. The molecule has 3 amide bonds. The van der Waals surface area contributed by atoms with E-state index in [0.29, 0.717) is 23.9 Å². The average Bonchev–Trinajstić information content (AvgIpc) is 3.44. The Hall–Kier alpha value is -2.95. The number of nitrogens with zero attached hydrogens (tertiary/aromatic N) is 1. The van der Waals surface area contributed by atoms with Crippen molar-refractivity contribution in [3.05, 3.63) is 65.2 Å². The van der Waals surface area contributed by atoms with Crippen LogP contribution in [0.3, 0.4) is 0 Å². The highest BCUT2D eigenvalue weighted by molar-refractivity contribution is 6.10. The SMILES string of the molecule is Cc1ccc(NC(=O)C(Cc2ccccc2)N2C(=O)C3C4CCC(C4)C3C2=O)cc1C. The average molecular weight is 417 g/mol. The first-order valence-corrected chi connectivity index (χ1v) is 11.2. The van der Waals surface area contributed by atoms with Crippen molar-refractivity contribution in [2.75, 3.05) is 5.32 Å². The van der Waals surface area contributed by atoms with Crippen LogP contribution in [0.1, 0.15) is 36.0 Å². The normalized spacial score (nSPS) is 27.5. The van der Waals surface area contributed by atoms with Crippen LogP contribution < -0.4 is 5.32 Å². The third-order valence-electron chi connectivity index (χ3n) is 7.62. The van der Waals surface area contributed by atoms with Crippen LogP contribution in [0.15, 0.2) is 48.5 Å². The second kappa shape index (κ2) is 7.63. The lowest BCUT2D eigenvalue weighted by Crippen LogP contribution is -2.49. The summed E-state index contributed by atoms with van der Waals surface area (Å²) < 4.78 is 0. The van der Waals surface area contributed by atoms with Crippen molar-refractivity contribution in [3.63, 3.8) is 0 Å². The van der Waals surface area contributed by atoms with Gasteiger partial charge in [0.1, 0.15) is 6.04 Å². The Morgan fingerprint density at radius 1 is 0.968 bits per heavy atom. The maximum atomic E-state index is 13.4. The zero-order valence-electron chi connectivity index (χ0n) is 18.0. The van der Waals surface area contributed by atoms with Crippen LogP contribution in [0.2, 0.25) is 0 Å². The molecule has 3 fully saturated rings. The van der Waals surface area contributed by atoms with Crippen molar-refractivity contribution < 1.29 is 14.4 Å². The van der Waals surface area contributed by atoms with Crippen LogP contribution in [0.4, 0.5) is 5.69 Å². The molecular formula is C26H28N2O3. The van der Waals surface area contributed by atoms with Crippen LogP contribution in [0.25, 0.3) is 0 Å². The molecular weight excluding hydrogens is 388 g/mol. The van der Waals surface area contributed by atoms with E-state index in [1.807, 2.05) is 62.4 Å². The number of anilines is 1. The fourth-order valence-electron chi connectivity index (χ4n) is 5.92. The smallest absolute Gasteiger partial charge is 0.248 e. The first kappa shape index (κ1) is 20.0. The number of hydrogen-bond acceptors (Lipinski definition) is 3. The fourth-order valence-corrected chi connectivity index (χ4v) is 5.92. The molecule has 5 nitrogen and oxygen atoms in total.